The number of nitrogens with one attached hydrogen (secondary N) is 1. The number of anilines is 1. The summed E-state index contributed by atoms with van der Waals surface area (Å²) in [5.41, 5.74) is 1.71. The van der Waals surface area contributed by atoms with E-state index in [0.29, 0.717) is 13.2 Å². The van der Waals surface area contributed by atoms with Crippen LogP contribution in [-0.4, -0.2) is 43.0 Å². The summed E-state index contributed by atoms with van der Waals surface area (Å²) < 4.78 is 4.83. The monoisotopic (exact) mass is 346 g/mol. The van der Waals surface area contributed by atoms with E-state index in [0.717, 1.165) is 11.3 Å². The molecule has 1 atom stereocenters. The van der Waals surface area contributed by atoms with Crippen LogP contribution in [0.4, 0.5) is 5.69 Å². The Hall–Kier alpha value is -2.14. The van der Waals surface area contributed by atoms with Crippen molar-refractivity contribution >= 4 is 23.6 Å². The van der Waals surface area contributed by atoms with Crippen LogP contribution in [0, 0.1) is 5.41 Å². The molecule has 5 heteroatoms. The van der Waals surface area contributed by atoms with Crippen LogP contribution in [0.2, 0.25) is 0 Å². The maximum Gasteiger partial charge on any atom is 0.330 e. The summed E-state index contributed by atoms with van der Waals surface area (Å²) in [6, 6.07) is 7.60. The Morgan fingerprint density at radius 1 is 1.24 bits per heavy atom. The van der Waals surface area contributed by atoms with Crippen molar-refractivity contribution in [1.29, 1.82) is 0 Å². The van der Waals surface area contributed by atoms with Crippen LogP contribution in [0.3, 0.4) is 0 Å². The molecule has 0 spiro atoms. The molecule has 1 unspecified atom stereocenters. The molecule has 25 heavy (non-hydrogen) atoms. The van der Waals surface area contributed by atoms with Crippen LogP contribution in [0.1, 0.15) is 40.2 Å². The van der Waals surface area contributed by atoms with Crippen LogP contribution in [-0.2, 0) is 14.3 Å². The molecule has 1 aromatic rings. The molecule has 0 saturated heterocycles. The molecule has 138 valence electrons. The van der Waals surface area contributed by atoms with E-state index < -0.39 is 0 Å². The number of carbonyl (C=O) groups excluding carboxylic acids is 2. The van der Waals surface area contributed by atoms with Crippen LogP contribution in [0.15, 0.2) is 30.3 Å². The third kappa shape index (κ3) is 7.52. The average molecular weight is 346 g/mol. The molecule has 0 saturated carbocycles. The van der Waals surface area contributed by atoms with Crippen LogP contribution in [0.5, 0.6) is 0 Å². The molecule has 0 aliphatic heterocycles. The van der Waals surface area contributed by atoms with Crippen molar-refractivity contribution in [2.45, 2.75) is 40.7 Å². The molecule has 0 bridgehead atoms. The van der Waals surface area contributed by atoms with Crippen LogP contribution in [0.25, 0.3) is 6.08 Å². The lowest BCUT2D eigenvalue weighted by atomic mass is 9.87. The SMILES string of the molecule is CCOC(=O)/C=C/c1ccc(NC(=O)CN(C)C(C)C(C)(C)C)cc1. The van der Waals surface area contributed by atoms with Crippen molar-refractivity contribution in [3.63, 3.8) is 0 Å². The van der Waals surface area contributed by atoms with Gasteiger partial charge in [0.05, 0.1) is 13.2 Å². The minimum atomic E-state index is -0.365. The fourth-order valence-electron chi connectivity index (χ4n) is 2.26. The van der Waals surface area contributed by atoms with E-state index in [9.17, 15) is 9.59 Å². The number of hydrogen-bond donors (Lipinski definition) is 1. The highest BCUT2D eigenvalue weighted by Crippen LogP contribution is 2.22. The summed E-state index contributed by atoms with van der Waals surface area (Å²) in [7, 11) is 1.96. The normalized spacial score (nSPS) is 13.1. The largest absolute Gasteiger partial charge is 0.463 e. The van der Waals surface area contributed by atoms with Gasteiger partial charge < -0.3 is 10.1 Å². The molecule has 0 aromatic heterocycles. The fraction of sp³-hybridized carbons (Fsp3) is 0.500. The van der Waals surface area contributed by atoms with Gasteiger partial charge >= 0.3 is 5.97 Å². The van der Waals surface area contributed by atoms with Gasteiger partial charge in [-0.1, -0.05) is 32.9 Å². The number of benzene rings is 1. The summed E-state index contributed by atoms with van der Waals surface area (Å²) >= 11 is 0. The zero-order chi connectivity index (χ0) is 19.0. The van der Waals surface area contributed by atoms with Gasteiger partial charge in [0.15, 0.2) is 0 Å². The average Bonchev–Trinajstić information content (AvgIpc) is 2.52. The van der Waals surface area contributed by atoms with Crippen molar-refractivity contribution < 1.29 is 14.3 Å². The molecule has 5 nitrogen and oxygen atoms in total. The maximum absolute atomic E-state index is 12.2. The number of rotatable bonds is 7. The molecule has 1 rings (SSSR count). The molecular formula is C20H30N2O3. The van der Waals surface area contributed by atoms with Gasteiger partial charge in [-0.3, -0.25) is 9.69 Å². The Morgan fingerprint density at radius 2 is 1.84 bits per heavy atom. The highest BCUT2D eigenvalue weighted by Gasteiger charge is 2.24. The Bertz CT molecular complexity index is 600. The van der Waals surface area contributed by atoms with E-state index in [2.05, 4.69) is 33.0 Å². The summed E-state index contributed by atoms with van der Waals surface area (Å²) in [5, 5.41) is 2.90. The fourth-order valence-corrected chi connectivity index (χ4v) is 2.26. The molecule has 1 N–H and O–H groups in total. The lowest BCUT2D eigenvalue weighted by molar-refractivity contribution is -0.137. The first-order chi connectivity index (χ1) is 11.6. The number of esters is 1. The van der Waals surface area contributed by atoms with Crippen LogP contribution >= 0.6 is 0 Å². The first kappa shape index (κ1) is 20.9. The number of nitrogens with zero attached hydrogens (tertiary/aromatic N) is 1. The van der Waals surface area contributed by atoms with E-state index in [1.807, 2.05) is 36.2 Å². The number of likely N-dealkylation sites (N-methyl/N-ethyl adjacent to an activating group) is 1. The predicted octanol–water partition coefficient (Wildman–Crippen LogP) is 3.57. The van der Waals surface area contributed by atoms with Gasteiger partial charge in [0, 0.05) is 17.8 Å². The Labute approximate surface area is 151 Å². The second kappa shape index (κ2) is 9.37. The lowest BCUT2D eigenvalue weighted by Gasteiger charge is -2.34. The Balaban J connectivity index is 2.57. The Morgan fingerprint density at radius 3 is 2.36 bits per heavy atom. The smallest absolute Gasteiger partial charge is 0.330 e. The van der Waals surface area contributed by atoms with Crippen molar-refractivity contribution in [3.05, 3.63) is 35.9 Å². The van der Waals surface area contributed by atoms with Crippen molar-refractivity contribution in [2.24, 2.45) is 5.41 Å². The van der Waals surface area contributed by atoms with E-state index in [4.69, 9.17) is 4.74 Å². The van der Waals surface area contributed by atoms with Crippen LogP contribution < -0.4 is 5.32 Å². The van der Waals surface area contributed by atoms with E-state index in [1.165, 1.54) is 6.08 Å². The van der Waals surface area contributed by atoms with Crippen molar-refractivity contribution in [3.8, 4) is 0 Å². The zero-order valence-electron chi connectivity index (χ0n) is 16.1. The minimum Gasteiger partial charge on any atom is -0.463 e. The third-order valence-electron chi connectivity index (χ3n) is 4.20. The van der Waals surface area contributed by atoms with Gasteiger partial charge in [0.1, 0.15) is 0 Å². The minimum absolute atomic E-state index is 0.0478. The lowest BCUT2D eigenvalue weighted by Crippen LogP contribution is -2.43. The van der Waals surface area contributed by atoms with Gasteiger partial charge in [-0.2, -0.15) is 0 Å². The molecule has 0 aliphatic carbocycles. The second-order valence-electron chi connectivity index (χ2n) is 7.21. The van der Waals surface area contributed by atoms with Gasteiger partial charge in [-0.25, -0.2) is 4.79 Å². The summed E-state index contributed by atoms with van der Waals surface area (Å²) in [6.07, 6.45) is 3.07. The quantitative estimate of drug-likeness (QED) is 0.606. The van der Waals surface area contributed by atoms with Crippen molar-refractivity contribution in [1.82, 2.24) is 4.90 Å². The molecule has 1 amide bonds. The van der Waals surface area contributed by atoms with Crippen molar-refractivity contribution in [2.75, 3.05) is 25.5 Å². The standard InChI is InChI=1S/C20H30N2O3/c1-7-25-19(24)13-10-16-8-11-17(12-9-16)21-18(23)14-22(6)15(2)20(3,4)5/h8-13,15H,7,14H2,1-6H3,(H,21,23)/b13-10+. The highest BCUT2D eigenvalue weighted by atomic mass is 16.5. The summed E-state index contributed by atoms with van der Waals surface area (Å²) in [5.74, 6) is -0.413. The maximum atomic E-state index is 12.2. The number of hydrogen-bond acceptors (Lipinski definition) is 4. The van der Waals surface area contributed by atoms with Gasteiger partial charge in [0.2, 0.25) is 5.91 Å². The molecule has 0 radical (unpaired) electrons. The first-order valence-corrected chi connectivity index (χ1v) is 8.58. The summed E-state index contributed by atoms with van der Waals surface area (Å²) in [6.45, 7) is 11.1. The van der Waals surface area contributed by atoms with Gasteiger partial charge in [-0.05, 0) is 50.1 Å². The number of amides is 1. The topological polar surface area (TPSA) is 58.6 Å². The highest BCUT2D eigenvalue weighted by molar-refractivity contribution is 5.92. The second-order valence-corrected chi connectivity index (χ2v) is 7.21. The van der Waals surface area contributed by atoms with E-state index in [1.54, 1.807) is 13.0 Å². The van der Waals surface area contributed by atoms with Gasteiger partial charge in [0.25, 0.3) is 0 Å². The molecule has 1 aromatic carbocycles. The predicted molar refractivity (Wildman–Crippen MR) is 102 cm³/mol. The molecule has 0 fully saturated rings. The number of ether oxygens (including phenoxy) is 1. The van der Waals surface area contributed by atoms with E-state index >= 15 is 0 Å². The van der Waals surface area contributed by atoms with E-state index in [-0.39, 0.29) is 23.3 Å². The first-order valence-electron chi connectivity index (χ1n) is 8.58. The summed E-state index contributed by atoms with van der Waals surface area (Å²) in [4.78, 5) is 25.5. The third-order valence-corrected chi connectivity index (χ3v) is 4.20. The molecular weight excluding hydrogens is 316 g/mol. The van der Waals surface area contributed by atoms with Gasteiger partial charge in [-0.15, -0.1) is 0 Å². The molecule has 0 aliphatic rings. The molecule has 0 heterocycles. The zero-order valence-corrected chi connectivity index (χ0v) is 16.1. The Kier molecular flexibility index (Phi) is 7.84. The number of carbonyl (C=O) groups is 2.